The lowest BCUT2D eigenvalue weighted by atomic mass is 10.1. The monoisotopic (exact) mass is 330 g/mol. The first kappa shape index (κ1) is 17.7. The van der Waals surface area contributed by atoms with Crippen LogP contribution in [0.3, 0.4) is 0 Å². The molecule has 0 radical (unpaired) electrons. The van der Waals surface area contributed by atoms with Crippen molar-refractivity contribution in [3.05, 3.63) is 51.2 Å². The van der Waals surface area contributed by atoms with Gasteiger partial charge in [0.05, 0.1) is 0 Å². The largest absolute Gasteiger partial charge is 0.326 e. The SMILES string of the molecule is CCNCc1ccccc1NC(=O)CCCc1cc(C)sc1C. The average molecular weight is 330 g/mol. The summed E-state index contributed by atoms with van der Waals surface area (Å²) in [6.07, 6.45) is 2.42. The van der Waals surface area contributed by atoms with Crippen LogP contribution in [0.1, 0.15) is 40.6 Å². The number of hydrogen-bond donors (Lipinski definition) is 2. The van der Waals surface area contributed by atoms with E-state index in [9.17, 15) is 4.79 Å². The van der Waals surface area contributed by atoms with E-state index in [2.05, 4.69) is 43.5 Å². The van der Waals surface area contributed by atoms with Gasteiger partial charge in [-0.3, -0.25) is 4.79 Å². The smallest absolute Gasteiger partial charge is 0.224 e. The summed E-state index contributed by atoms with van der Waals surface area (Å²) >= 11 is 1.83. The van der Waals surface area contributed by atoms with E-state index in [1.807, 2.05) is 29.5 Å². The number of benzene rings is 1. The topological polar surface area (TPSA) is 41.1 Å². The maximum Gasteiger partial charge on any atom is 0.224 e. The molecule has 0 saturated carbocycles. The first-order valence-electron chi connectivity index (χ1n) is 8.24. The summed E-state index contributed by atoms with van der Waals surface area (Å²) in [5, 5.41) is 6.35. The second-order valence-electron chi connectivity index (χ2n) is 5.78. The van der Waals surface area contributed by atoms with Crippen LogP contribution in [0.4, 0.5) is 5.69 Å². The van der Waals surface area contributed by atoms with Gasteiger partial charge in [-0.1, -0.05) is 25.1 Å². The Balaban J connectivity index is 1.84. The molecule has 0 unspecified atom stereocenters. The highest BCUT2D eigenvalue weighted by atomic mass is 32.1. The van der Waals surface area contributed by atoms with Crippen molar-refractivity contribution in [1.82, 2.24) is 5.32 Å². The molecular formula is C19H26N2OS. The van der Waals surface area contributed by atoms with Gasteiger partial charge < -0.3 is 10.6 Å². The van der Waals surface area contributed by atoms with Crippen LogP contribution in [0.2, 0.25) is 0 Å². The lowest BCUT2D eigenvalue weighted by Crippen LogP contribution is -2.17. The Kier molecular flexibility index (Phi) is 6.81. The van der Waals surface area contributed by atoms with Crippen LogP contribution in [0.5, 0.6) is 0 Å². The van der Waals surface area contributed by atoms with Crippen molar-refractivity contribution in [3.8, 4) is 0 Å². The van der Waals surface area contributed by atoms with Gasteiger partial charge in [-0.15, -0.1) is 11.3 Å². The fourth-order valence-electron chi connectivity index (χ4n) is 2.64. The number of amides is 1. The molecule has 0 aliphatic heterocycles. The van der Waals surface area contributed by atoms with Gasteiger partial charge in [-0.05, 0) is 56.5 Å². The summed E-state index contributed by atoms with van der Waals surface area (Å²) in [4.78, 5) is 14.9. The second-order valence-corrected chi connectivity index (χ2v) is 7.24. The third-order valence-electron chi connectivity index (χ3n) is 3.85. The molecule has 0 atom stereocenters. The number of thiophene rings is 1. The second kappa shape index (κ2) is 8.85. The first-order valence-corrected chi connectivity index (χ1v) is 9.06. The molecule has 3 nitrogen and oxygen atoms in total. The molecule has 2 rings (SSSR count). The van der Waals surface area contributed by atoms with Crippen LogP contribution < -0.4 is 10.6 Å². The fourth-order valence-corrected chi connectivity index (χ4v) is 3.62. The van der Waals surface area contributed by atoms with Crippen molar-refractivity contribution in [2.75, 3.05) is 11.9 Å². The van der Waals surface area contributed by atoms with Gasteiger partial charge in [0.1, 0.15) is 0 Å². The van der Waals surface area contributed by atoms with Gasteiger partial charge >= 0.3 is 0 Å². The van der Waals surface area contributed by atoms with E-state index in [0.29, 0.717) is 6.42 Å². The molecule has 1 aromatic carbocycles. The number of aryl methyl sites for hydroxylation is 3. The summed E-state index contributed by atoms with van der Waals surface area (Å²) < 4.78 is 0. The zero-order chi connectivity index (χ0) is 16.7. The Bertz CT molecular complexity index is 649. The highest BCUT2D eigenvalue weighted by Gasteiger charge is 2.08. The summed E-state index contributed by atoms with van der Waals surface area (Å²) in [7, 11) is 0. The molecule has 0 aliphatic carbocycles. The maximum atomic E-state index is 12.2. The molecule has 23 heavy (non-hydrogen) atoms. The lowest BCUT2D eigenvalue weighted by molar-refractivity contribution is -0.116. The number of rotatable bonds is 8. The number of carbonyl (C=O) groups is 1. The van der Waals surface area contributed by atoms with Gasteiger partial charge in [0.25, 0.3) is 0 Å². The first-order chi connectivity index (χ1) is 11.1. The molecule has 2 N–H and O–H groups in total. The van der Waals surface area contributed by atoms with E-state index in [1.54, 1.807) is 0 Å². The van der Waals surface area contributed by atoms with Crippen molar-refractivity contribution < 1.29 is 4.79 Å². The standard InChI is InChI=1S/C19H26N2OS/c1-4-20-13-17-8-5-6-10-18(17)21-19(22)11-7-9-16-12-14(2)23-15(16)3/h5-6,8,10,12,20H,4,7,9,11,13H2,1-3H3,(H,21,22). The van der Waals surface area contributed by atoms with E-state index in [4.69, 9.17) is 0 Å². The van der Waals surface area contributed by atoms with Gasteiger partial charge in [-0.2, -0.15) is 0 Å². The van der Waals surface area contributed by atoms with E-state index in [1.165, 1.54) is 15.3 Å². The Morgan fingerprint density at radius 3 is 2.65 bits per heavy atom. The normalized spacial score (nSPS) is 10.7. The molecule has 124 valence electrons. The van der Waals surface area contributed by atoms with Crippen LogP contribution in [-0.2, 0) is 17.8 Å². The van der Waals surface area contributed by atoms with Crippen molar-refractivity contribution in [2.45, 2.75) is 46.6 Å². The van der Waals surface area contributed by atoms with Crippen LogP contribution in [0.15, 0.2) is 30.3 Å². The zero-order valence-corrected chi connectivity index (χ0v) is 15.1. The van der Waals surface area contributed by atoms with Crippen molar-refractivity contribution in [1.29, 1.82) is 0 Å². The fraction of sp³-hybridized carbons (Fsp3) is 0.421. The third-order valence-corrected chi connectivity index (χ3v) is 4.86. The number of anilines is 1. The predicted octanol–water partition coefficient (Wildman–Crippen LogP) is 4.44. The molecule has 0 bridgehead atoms. The van der Waals surface area contributed by atoms with Crippen molar-refractivity contribution in [2.24, 2.45) is 0 Å². The maximum absolute atomic E-state index is 12.2. The molecule has 0 spiro atoms. The minimum absolute atomic E-state index is 0.0959. The minimum atomic E-state index is 0.0959. The van der Waals surface area contributed by atoms with Crippen LogP contribution in [-0.4, -0.2) is 12.5 Å². The number of carbonyl (C=O) groups excluding carboxylic acids is 1. The third kappa shape index (κ3) is 5.48. The van der Waals surface area contributed by atoms with Crippen molar-refractivity contribution in [3.63, 3.8) is 0 Å². The van der Waals surface area contributed by atoms with Gasteiger partial charge in [0.2, 0.25) is 5.91 Å². The number of para-hydroxylation sites is 1. The van der Waals surface area contributed by atoms with Gasteiger partial charge in [0, 0.05) is 28.4 Å². The number of hydrogen-bond acceptors (Lipinski definition) is 3. The van der Waals surface area contributed by atoms with E-state index >= 15 is 0 Å². The highest BCUT2D eigenvalue weighted by Crippen LogP contribution is 2.22. The van der Waals surface area contributed by atoms with Crippen LogP contribution in [0, 0.1) is 13.8 Å². The zero-order valence-electron chi connectivity index (χ0n) is 14.2. The molecule has 1 amide bonds. The number of nitrogens with one attached hydrogen (secondary N) is 2. The average Bonchev–Trinajstić information content (AvgIpc) is 2.84. The summed E-state index contributed by atoms with van der Waals surface area (Å²) in [6.45, 7) is 8.07. The lowest BCUT2D eigenvalue weighted by Gasteiger charge is -2.11. The summed E-state index contributed by atoms with van der Waals surface area (Å²) in [5.74, 6) is 0.0959. The van der Waals surface area contributed by atoms with Crippen LogP contribution >= 0.6 is 11.3 Å². The molecule has 0 fully saturated rings. The molecule has 2 aromatic rings. The summed E-state index contributed by atoms with van der Waals surface area (Å²) in [5.41, 5.74) is 3.43. The Morgan fingerprint density at radius 2 is 1.96 bits per heavy atom. The van der Waals surface area contributed by atoms with E-state index in [0.717, 1.165) is 37.2 Å². The van der Waals surface area contributed by atoms with Crippen LogP contribution in [0.25, 0.3) is 0 Å². The molecular weight excluding hydrogens is 304 g/mol. The Labute approximate surface area is 143 Å². The highest BCUT2D eigenvalue weighted by molar-refractivity contribution is 7.12. The van der Waals surface area contributed by atoms with Crippen molar-refractivity contribution >= 4 is 22.9 Å². The minimum Gasteiger partial charge on any atom is -0.326 e. The molecule has 1 aromatic heterocycles. The predicted molar refractivity (Wildman–Crippen MR) is 99.2 cm³/mol. The molecule has 1 heterocycles. The molecule has 0 saturated heterocycles. The van der Waals surface area contributed by atoms with E-state index < -0.39 is 0 Å². The Morgan fingerprint density at radius 1 is 1.17 bits per heavy atom. The van der Waals surface area contributed by atoms with Gasteiger partial charge in [-0.25, -0.2) is 0 Å². The summed E-state index contributed by atoms with van der Waals surface area (Å²) in [6, 6.07) is 10.2. The molecule has 0 aliphatic rings. The quantitative estimate of drug-likeness (QED) is 0.751. The van der Waals surface area contributed by atoms with Gasteiger partial charge in [0.15, 0.2) is 0 Å². The van der Waals surface area contributed by atoms with E-state index in [-0.39, 0.29) is 5.91 Å². The molecule has 4 heteroatoms. The Hall–Kier alpha value is -1.65.